The van der Waals surface area contributed by atoms with Crippen LogP contribution in [0.4, 0.5) is 0 Å². The average molecular weight is 190 g/mol. The van der Waals surface area contributed by atoms with Crippen LogP contribution in [0.5, 0.6) is 5.75 Å². The number of rotatable bonds is 3. The molecule has 1 rings (SSSR count). The van der Waals surface area contributed by atoms with Gasteiger partial charge in [-0.25, -0.2) is 0 Å². The van der Waals surface area contributed by atoms with E-state index in [0.29, 0.717) is 6.42 Å². The highest BCUT2D eigenvalue weighted by Gasteiger charge is 2.21. The lowest BCUT2D eigenvalue weighted by atomic mass is 9.93. The summed E-state index contributed by atoms with van der Waals surface area (Å²) >= 11 is 0. The Morgan fingerprint density at radius 1 is 1.43 bits per heavy atom. The van der Waals surface area contributed by atoms with Gasteiger partial charge in [-0.05, 0) is 24.6 Å². The zero-order chi connectivity index (χ0) is 10.6. The van der Waals surface area contributed by atoms with E-state index in [2.05, 4.69) is 5.92 Å². The van der Waals surface area contributed by atoms with Gasteiger partial charge in [-0.1, -0.05) is 12.1 Å². The predicted octanol–water partition coefficient (Wildman–Crippen LogP) is 1.93. The zero-order valence-electron chi connectivity index (χ0n) is 8.45. The first kappa shape index (κ1) is 10.6. The van der Waals surface area contributed by atoms with Gasteiger partial charge in [-0.3, -0.25) is 0 Å². The maximum absolute atomic E-state index is 9.97. The van der Waals surface area contributed by atoms with Crippen molar-refractivity contribution in [2.24, 2.45) is 0 Å². The minimum Gasteiger partial charge on any atom is -0.497 e. The molecule has 0 aliphatic rings. The van der Waals surface area contributed by atoms with E-state index in [4.69, 9.17) is 11.2 Å². The first-order valence-corrected chi connectivity index (χ1v) is 4.40. The molecule has 0 aliphatic heterocycles. The lowest BCUT2D eigenvalue weighted by molar-refractivity contribution is 0.0629. The molecule has 2 nitrogen and oxygen atoms in total. The van der Waals surface area contributed by atoms with E-state index >= 15 is 0 Å². The Kier molecular flexibility index (Phi) is 3.16. The quantitative estimate of drug-likeness (QED) is 0.738. The summed E-state index contributed by atoms with van der Waals surface area (Å²) in [4.78, 5) is 0. The van der Waals surface area contributed by atoms with Crippen LogP contribution in [0, 0.1) is 12.3 Å². The smallest absolute Gasteiger partial charge is 0.118 e. The second-order valence-electron chi connectivity index (χ2n) is 3.38. The van der Waals surface area contributed by atoms with Crippen LogP contribution in [0.1, 0.15) is 18.9 Å². The summed E-state index contributed by atoms with van der Waals surface area (Å²) in [5.41, 5.74) is -0.155. The van der Waals surface area contributed by atoms with Crippen LogP contribution < -0.4 is 4.74 Å². The Bertz CT molecular complexity index is 330. The summed E-state index contributed by atoms with van der Waals surface area (Å²) in [5.74, 6) is 3.22. The van der Waals surface area contributed by atoms with Crippen molar-refractivity contribution in [2.45, 2.75) is 18.9 Å². The van der Waals surface area contributed by atoms with Crippen LogP contribution >= 0.6 is 0 Å². The fraction of sp³-hybridized carbons (Fsp3) is 0.333. The van der Waals surface area contributed by atoms with Gasteiger partial charge in [0.15, 0.2) is 0 Å². The highest BCUT2D eigenvalue weighted by Crippen LogP contribution is 2.25. The number of hydrogen-bond donors (Lipinski definition) is 1. The summed E-state index contributed by atoms with van der Waals surface area (Å²) in [6.07, 6.45) is 5.48. The monoisotopic (exact) mass is 190 g/mol. The molecule has 74 valence electrons. The summed E-state index contributed by atoms with van der Waals surface area (Å²) in [5, 5.41) is 9.97. The topological polar surface area (TPSA) is 29.5 Å². The van der Waals surface area contributed by atoms with E-state index in [1.54, 1.807) is 26.2 Å². The Morgan fingerprint density at radius 2 is 2.00 bits per heavy atom. The molecule has 0 bridgehead atoms. The molecule has 14 heavy (non-hydrogen) atoms. The van der Waals surface area contributed by atoms with Gasteiger partial charge in [0.2, 0.25) is 0 Å². The van der Waals surface area contributed by atoms with E-state index in [9.17, 15) is 5.11 Å². The van der Waals surface area contributed by atoms with Crippen molar-refractivity contribution in [3.8, 4) is 18.1 Å². The average Bonchev–Trinajstić information content (AvgIpc) is 2.18. The Morgan fingerprint density at radius 3 is 2.43 bits per heavy atom. The molecule has 0 spiro atoms. The molecule has 1 N–H and O–H groups in total. The normalized spacial score (nSPS) is 14.1. The fourth-order valence-corrected chi connectivity index (χ4v) is 1.25. The molecule has 1 atom stereocenters. The minimum atomic E-state index is -0.957. The first-order valence-electron chi connectivity index (χ1n) is 4.40. The van der Waals surface area contributed by atoms with Crippen LogP contribution in [-0.4, -0.2) is 12.2 Å². The van der Waals surface area contributed by atoms with Crippen LogP contribution in [0.15, 0.2) is 24.3 Å². The molecule has 0 aromatic heterocycles. The molecule has 2 heteroatoms. The van der Waals surface area contributed by atoms with Gasteiger partial charge < -0.3 is 9.84 Å². The van der Waals surface area contributed by atoms with Gasteiger partial charge in [-0.2, -0.15) is 0 Å². The van der Waals surface area contributed by atoms with Crippen molar-refractivity contribution >= 4 is 0 Å². The standard InChI is InChI=1S/C12H14O2/c1-4-9-12(2,13)10-5-7-11(14-3)8-6-10/h1,5-8,13H,9H2,2-3H3/t12-/m0/s1. The first-order chi connectivity index (χ1) is 6.60. The predicted molar refractivity (Wildman–Crippen MR) is 56.0 cm³/mol. The molecule has 0 heterocycles. The highest BCUT2D eigenvalue weighted by molar-refractivity contribution is 5.31. The van der Waals surface area contributed by atoms with Crippen LogP contribution in [0.25, 0.3) is 0 Å². The van der Waals surface area contributed by atoms with Crippen molar-refractivity contribution in [1.29, 1.82) is 0 Å². The summed E-state index contributed by atoms with van der Waals surface area (Å²) < 4.78 is 5.02. The Balaban J connectivity index is 2.92. The summed E-state index contributed by atoms with van der Waals surface area (Å²) in [6.45, 7) is 1.70. The number of benzene rings is 1. The highest BCUT2D eigenvalue weighted by atomic mass is 16.5. The molecule has 0 radical (unpaired) electrons. The number of methoxy groups -OCH3 is 1. The molecule has 0 saturated carbocycles. The third-order valence-electron chi connectivity index (χ3n) is 2.16. The van der Waals surface area contributed by atoms with E-state index in [-0.39, 0.29) is 0 Å². The molecule has 1 aromatic rings. The minimum absolute atomic E-state index is 0.305. The van der Waals surface area contributed by atoms with E-state index in [1.807, 2.05) is 12.1 Å². The number of ether oxygens (including phenoxy) is 1. The third-order valence-corrected chi connectivity index (χ3v) is 2.16. The summed E-state index contributed by atoms with van der Waals surface area (Å²) in [6, 6.07) is 7.24. The maximum Gasteiger partial charge on any atom is 0.118 e. The molecule has 1 aromatic carbocycles. The largest absolute Gasteiger partial charge is 0.497 e. The van der Waals surface area contributed by atoms with E-state index in [0.717, 1.165) is 11.3 Å². The van der Waals surface area contributed by atoms with E-state index < -0.39 is 5.60 Å². The SMILES string of the molecule is C#CC[C@](C)(O)c1ccc(OC)cc1. The molecular weight excluding hydrogens is 176 g/mol. The van der Waals surface area contributed by atoms with Gasteiger partial charge in [0.05, 0.1) is 12.7 Å². The second kappa shape index (κ2) is 4.17. The number of aliphatic hydroxyl groups is 1. The van der Waals surface area contributed by atoms with Gasteiger partial charge in [0, 0.05) is 6.42 Å². The Hall–Kier alpha value is -1.46. The van der Waals surface area contributed by atoms with Gasteiger partial charge in [0.25, 0.3) is 0 Å². The van der Waals surface area contributed by atoms with Crippen molar-refractivity contribution < 1.29 is 9.84 Å². The molecule has 0 fully saturated rings. The van der Waals surface area contributed by atoms with Crippen LogP contribution in [-0.2, 0) is 5.60 Å². The maximum atomic E-state index is 9.97. The van der Waals surface area contributed by atoms with Crippen LogP contribution in [0.2, 0.25) is 0 Å². The van der Waals surface area contributed by atoms with Crippen molar-refractivity contribution in [2.75, 3.05) is 7.11 Å². The molecule has 0 saturated heterocycles. The van der Waals surface area contributed by atoms with E-state index in [1.165, 1.54) is 0 Å². The van der Waals surface area contributed by atoms with Crippen molar-refractivity contribution in [3.63, 3.8) is 0 Å². The second-order valence-corrected chi connectivity index (χ2v) is 3.38. The van der Waals surface area contributed by atoms with Gasteiger partial charge in [-0.15, -0.1) is 12.3 Å². The van der Waals surface area contributed by atoms with Crippen LogP contribution in [0.3, 0.4) is 0 Å². The fourth-order valence-electron chi connectivity index (χ4n) is 1.25. The third kappa shape index (κ3) is 2.27. The van der Waals surface area contributed by atoms with Crippen molar-refractivity contribution in [3.05, 3.63) is 29.8 Å². The molecular formula is C12H14O2. The lowest BCUT2D eigenvalue weighted by Gasteiger charge is -2.21. The molecule has 0 unspecified atom stereocenters. The Labute approximate surface area is 84.5 Å². The van der Waals surface area contributed by atoms with Gasteiger partial charge >= 0.3 is 0 Å². The summed E-state index contributed by atoms with van der Waals surface area (Å²) in [7, 11) is 1.61. The zero-order valence-corrected chi connectivity index (χ0v) is 8.45. The molecule has 0 aliphatic carbocycles. The number of terminal acetylenes is 1. The number of hydrogen-bond acceptors (Lipinski definition) is 2. The molecule has 0 amide bonds. The van der Waals surface area contributed by atoms with Gasteiger partial charge in [0.1, 0.15) is 5.75 Å². The van der Waals surface area contributed by atoms with Crippen molar-refractivity contribution in [1.82, 2.24) is 0 Å². The lowest BCUT2D eigenvalue weighted by Crippen LogP contribution is -2.19.